The zero-order chi connectivity index (χ0) is 18.0. The van der Waals surface area contributed by atoms with Crippen molar-refractivity contribution in [2.24, 2.45) is 0 Å². The average molecular weight is 372 g/mol. The van der Waals surface area contributed by atoms with Crippen LogP contribution in [0.25, 0.3) is 0 Å². The molecule has 2 aliphatic heterocycles. The first-order valence-electron chi connectivity index (χ1n) is 8.65. The van der Waals surface area contributed by atoms with Crippen molar-refractivity contribution in [3.05, 3.63) is 24.0 Å². The SMILES string of the molecule is CCOc1ccc(S(=O)(=O)N2CC(N3CCC(OC)CC3)C2)cc1F. The van der Waals surface area contributed by atoms with Crippen molar-refractivity contribution in [1.29, 1.82) is 0 Å². The Morgan fingerprint density at radius 3 is 2.48 bits per heavy atom. The molecule has 6 nitrogen and oxygen atoms in total. The second kappa shape index (κ2) is 7.57. The molecular formula is C17H25FN2O4S. The van der Waals surface area contributed by atoms with E-state index < -0.39 is 15.8 Å². The Kier molecular flexibility index (Phi) is 5.62. The molecule has 0 atom stereocenters. The Morgan fingerprint density at radius 2 is 1.92 bits per heavy atom. The average Bonchev–Trinajstić information content (AvgIpc) is 2.56. The Bertz CT molecular complexity index is 699. The van der Waals surface area contributed by atoms with Gasteiger partial charge in [-0.2, -0.15) is 4.31 Å². The number of ether oxygens (including phenoxy) is 2. The van der Waals surface area contributed by atoms with Gasteiger partial charge in [0.1, 0.15) is 0 Å². The maximum absolute atomic E-state index is 14.0. The van der Waals surface area contributed by atoms with E-state index in [-0.39, 0.29) is 16.7 Å². The fraction of sp³-hybridized carbons (Fsp3) is 0.647. The number of likely N-dealkylation sites (tertiary alicyclic amines) is 1. The number of piperidine rings is 1. The number of hydrogen-bond acceptors (Lipinski definition) is 5. The summed E-state index contributed by atoms with van der Waals surface area (Å²) in [5.74, 6) is -0.578. The molecule has 0 unspecified atom stereocenters. The number of hydrogen-bond donors (Lipinski definition) is 0. The van der Waals surface area contributed by atoms with Crippen molar-refractivity contribution in [2.75, 3.05) is 39.9 Å². The maximum Gasteiger partial charge on any atom is 0.243 e. The molecule has 0 aliphatic carbocycles. The zero-order valence-corrected chi connectivity index (χ0v) is 15.5. The first-order valence-corrected chi connectivity index (χ1v) is 10.1. The normalized spacial score (nSPS) is 21.2. The standard InChI is InChI=1S/C17H25FN2O4S/c1-3-24-17-5-4-15(10-16(17)18)25(21,22)20-11-13(12-20)19-8-6-14(23-2)7-9-19/h4-5,10,13-14H,3,6-9,11-12H2,1-2H3. The summed E-state index contributed by atoms with van der Waals surface area (Å²) in [5, 5.41) is 0. The van der Waals surface area contributed by atoms with Crippen LogP contribution in [0, 0.1) is 5.82 Å². The molecule has 2 fully saturated rings. The molecule has 0 saturated carbocycles. The lowest BCUT2D eigenvalue weighted by atomic mass is 10.0. The third-order valence-corrected chi connectivity index (χ3v) is 6.82. The lowest BCUT2D eigenvalue weighted by Gasteiger charge is -2.46. The molecule has 2 heterocycles. The third-order valence-electron chi connectivity index (χ3n) is 5.00. The predicted molar refractivity (Wildman–Crippen MR) is 91.7 cm³/mol. The number of halogens is 1. The van der Waals surface area contributed by atoms with Gasteiger partial charge in [0.05, 0.1) is 17.6 Å². The summed E-state index contributed by atoms with van der Waals surface area (Å²) < 4.78 is 51.1. The van der Waals surface area contributed by atoms with Crippen molar-refractivity contribution in [3.63, 3.8) is 0 Å². The quantitative estimate of drug-likeness (QED) is 0.761. The molecule has 3 rings (SSSR count). The van der Waals surface area contributed by atoms with Crippen molar-refractivity contribution < 1.29 is 22.3 Å². The van der Waals surface area contributed by atoms with Crippen LogP contribution in [-0.4, -0.2) is 69.7 Å². The summed E-state index contributed by atoms with van der Waals surface area (Å²) in [4.78, 5) is 2.30. The lowest BCUT2D eigenvalue weighted by Crippen LogP contribution is -2.62. The molecule has 0 radical (unpaired) electrons. The molecule has 2 aliphatic rings. The molecule has 2 saturated heterocycles. The minimum atomic E-state index is -3.66. The van der Waals surface area contributed by atoms with Crippen LogP contribution in [-0.2, 0) is 14.8 Å². The number of rotatable bonds is 6. The fourth-order valence-corrected chi connectivity index (χ4v) is 4.91. The van der Waals surface area contributed by atoms with Crippen molar-refractivity contribution in [1.82, 2.24) is 9.21 Å². The largest absolute Gasteiger partial charge is 0.491 e. The van der Waals surface area contributed by atoms with E-state index in [0.29, 0.717) is 25.8 Å². The summed E-state index contributed by atoms with van der Waals surface area (Å²) in [6.07, 6.45) is 2.26. The van der Waals surface area contributed by atoms with E-state index in [1.807, 2.05) is 0 Å². The smallest absolute Gasteiger partial charge is 0.243 e. The van der Waals surface area contributed by atoms with Gasteiger partial charge in [-0.3, -0.25) is 4.90 Å². The summed E-state index contributed by atoms with van der Waals surface area (Å²) in [5.41, 5.74) is 0. The van der Waals surface area contributed by atoms with Crippen LogP contribution in [0.1, 0.15) is 19.8 Å². The molecular weight excluding hydrogens is 347 g/mol. The topological polar surface area (TPSA) is 59.1 Å². The number of nitrogens with zero attached hydrogens (tertiary/aromatic N) is 2. The zero-order valence-electron chi connectivity index (χ0n) is 14.7. The van der Waals surface area contributed by atoms with Gasteiger partial charge in [-0.1, -0.05) is 0 Å². The third kappa shape index (κ3) is 3.81. The van der Waals surface area contributed by atoms with Crippen LogP contribution in [0.4, 0.5) is 4.39 Å². The Morgan fingerprint density at radius 1 is 1.24 bits per heavy atom. The van der Waals surface area contributed by atoms with Crippen LogP contribution in [0.2, 0.25) is 0 Å². The molecule has 0 aromatic heterocycles. The highest BCUT2D eigenvalue weighted by Gasteiger charge is 2.40. The van der Waals surface area contributed by atoms with E-state index in [9.17, 15) is 12.8 Å². The Labute approximate surface area is 148 Å². The molecule has 140 valence electrons. The highest BCUT2D eigenvalue weighted by molar-refractivity contribution is 7.89. The van der Waals surface area contributed by atoms with E-state index in [0.717, 1.165) is 32.0 Å². The maximum atomic E-state index is 14.0. The van der Waals surface area contributed by atoms with E-state index in [2.05, 4.69) is 4.90 Å². The van der Waals surface area contributed by atoms with Gasteiger partial charge in [-0.25, -0.2) is 12.8 Å². The van der Waals surface area contributed by atoms with Gasteiger partial charge in [0.2, 0.25) is 10.0 Å². The number of benzene rings is 1. The van der Waals surface area contributed by atoms with E-state index in [1.54, 1.807) is 14.0 Å². The predicted octanol–water partition coefficient (Wildman–Crippen LogP) is 1.71. The van der Waals surface area contributed by atoms with Gasteiger partial charge in [0.25, 0.3) is 0 Å². The van der Waals surface area contributed by atoms with Gasteiger partial charge in [0.15, 0.2) is 11.6 Å². The van der Waals surface area contributed by atoms with Crippen LogP contribution in [0.15, 0.2) is 23.1 Å². The van der Waals surface area contributed by atoms with E-state index in [1.165, 1.54) is 16.4 Å². The van der Waals surface area contributed by atoms with Crippen molar-refractivity contribution in [2.45, 2.75) is 36.8 Å². The summed E-state index contributed by atoms with van der Waals surface area (Å²) >= 11 is 0. The van der Waals surface area contributed by atoms with E-state index >= 15 is 0 Å². The van der Waals surface area contributed by atoms with Crippen LogP contribution >= 0.6 is 0 Å². The first-order chi connectivity index (χ1) is 12.0. The molecule has 0 amide bonds. The van der Waals surface area contributed by atoms with Gasteiger partial charge in [0, 0.05) is 39.3 Å². The van der Waals surface area contributed by atoms with Crippen LogP contribution in [0.5, 0.6) is 5.75 Å². The first kappa shape index (κ1) is 18.6. The highest BCUT2D eigenvalue weighted by Crippen LogP contribution is 2.28. The minimum absolute atomic E-state index is 0.0232. The Hall–Kier alpha value is -1.22. The number of methoxy groups -OCH3 is 1. The van der Waals surface area contributed by atoms with Crippen molar-refractivity contribution >= 4 is 10.0 Å². The van der Waals surface area contributed by atoms with Crippen molar-refractivity contribution in [3.8, 4) is 5.75 Å². The molecule has 0 spiro atoms. The molecule has 8 heteroatoms. The van der Waals surface area contributed by atoms with Crippen LogP contribution < -0.4 is 4.74 Å². The molecule has 0 N–H and O–H groups in total. The lowest BCUT2D eigenvalue weighted by molar-refractivity contribution is 0.00363. The number of sulfonamides is 1. The molecule has 25 heavy (non-hydrogen) atoms. The second-order valence-corrected chi connectivity index (χ2v) is 8.41. The summed E-state index contributed by atoms with van der Waals surface area (Å²) in [6, 6.07) is 4.05. The summed E-state index contributed by atoms with van der Waals surface area (Å²) in [7, 11) is -1.93. The molecule has 1 aromatic carbocycles. The van der Waals surface area contributed by atoms with Crippen LogP contribution in [0.3, 0.4) is 0 Å². The van der Waals surface area contributed by atoms with Gasteiger partial charge in [-0.15, -0.1) is 0 Å². The Balaban J connectivity index is 1.61. The minimum Gasteiger partial charge on any atom is -0.491 e. The van der Waals surface area contributed by atoms with E-state index in [4.69, 9.17) is 9.47 Å². The second-order valence-electron chi connectivity index (χ2n) is 6.47. The highest BCUT2D eigenvalue weighted by atomic mass is 32.2. The van der Waals surface area contributed by atoms with Gasteiger partial charge in [-0.05, 0) is 38.0 Å². The fourth-order valence-electron chi connectivity index (χ4n) is 3.38. The summed E-state index contributed by atoms with van der Waals surface area (Å²) in [6.45, 7) is 4.84. The van der Waals surface area contributed by atoms with Gasteiger partial charge < -0.3 is 9.47 Å². The molecule has 0 bridgehead atoms. The monoisotopic (exact) mass is 372 g/mol. The molecule has 1 aromatic rings. The van der Waals surface area contributed by atoms with Gasteiger partial charge >= 0.3 is 0 Å².